The summed E-state index contributed by atoms with van der Waals surface area (Å²) >= 11 is 0. The SMILES string of the molecule is Oc1cccc2c1C13CCN(CC4CC4)C(C2)C12CCC1NCC(=C13)O2. The van der Waals surface area contributed by atoms with E-state index in [9.17, 15) is 5.11 Å². The Balaban J connectivity index is 1.49. The molecule has 0 amide bonds. The van der Waals surface area contributed by atoms with Crippen molar-refractivity contribution in [3.05, 3.63) is 40.7 Å². The minimum absolute atomic E-state index is 0.0988. The molecule has 1 aromatic rings. The molecule has 1 aromatic carbocycles. The van der Waals surface area contributed by atoms with Crippen LogP contribution in [-0.2, 0) is 16.6 Å². The first-order valence-electron chi connectivity index (χ1n) is 10.4. The molecule has 0 spiro atoms. The van der Waals surface area contributed by atoms with Gasteiger partial charge >= 0.3 is 0 Å². The fourth-order valence-electron chi connectivity index (χ4n) is 7.34. The number of nitrogens with zero attached hydrogens (tertiary/aromatic N) is 1. The van der Waals surface area contributed by atoms with E-state index in [0.717, 1.165) is 38.3 Å². The van der Waals surface area contributed by atoms with Gasteiger partial charge in [0.05, 0.1) is 18.0 Å². The van der Waals surface area contributed by atoms with E-state index in [4.69, 9.17) is 4.74 Å². The average molecular weight is 350 g/mol. The molecule has 2 N–H and O–H groups in total. The summed E-state index contributed by atoms with van der Waals surface area (Å²) in [5.74, 6) is 2.61. The van der Waals surface area contributed by atoms with E-state index < -0.39 is 0 Å². The number of likely N-dealkylation sites (tertiary alicyclic amines) is 1. The average Bonchev–Trinajstić information content (AvgIpc) is 3.29. The van der Waals surface area contributed by atoms with Gasteiger partial charge < -0.3 is 15.2 Å². The molecule has 1 saturated heterocycles. The van der Waals surface area contributed by atoms with E-state index in [-0.39, 0.29) is 11.0 Å². The van der Waals surface area contributed by atoms with Crippen LogP contribution in [0.2, 0.25) is 0 Å². The molecule has 3 fully saturated rings. The molecule has 0 radical (unpaired) electrons. The molecule has 2 saturated carbocycles. The lowest BCUT2D eigenvalue weighted by atomic mass is 9.48. The van der Waals surface area contributed by atoms with Crippen LogP contribution in [0.15, 0.2) is 29.5 Å². The predicted octanol–water partition coefficient (Wildman–Crippen LogP) is 2.46. The van der Waals surface area contributed by atoms with Crippen molar-refractivity contribution >= 4 is 0 Å². The number of ether oxygens (including phenoxy) is 1. The van der Waals surface area contributed by atoms with Gasteiger partial charge in [0.15, 0.2) is 0 Å². The summed E-state index contributed by atoms with van der Waals surface area (Å²) in [6, 6.07) is 7.08. The number of fused-ring (bicyclic) bond motifs is 1. The van der Waals surface area contributed by atoms with Gasteiger partial charge in [-0.05, 0) is 62.6 Å². The van der Waals surface area contributed by atoms with Gasteiger partial charge in [0.2, 0.25) is 0 Å². The van der Waals surface area contributed by atoms with Gasteiger partial charge in [-0.3, -0.25) is 4.90 Å². The van der Waals surface area contributed by atoms with Crippen molar-refractivity contribution < 1.29 is 9.84 Å². The van der Waals surface area contributed by atoms with E-state index in [1.807, 2.05) is 12.1 Å². The Kier molecular flexibility index (Phi) is 2.50. The molecular weight excluding hydrogens is 324 g/mol. The molecule has 4 bridgehead atoms. The summed E-state index contributed by atoms with van der Waals surface area (Å²) in [4.78, 5) is 2.76. The molecule has 4 nitrogen and oxygen atoms in total. The summed E-state index contributed by atoms with van der Waals surface area (Å²) in [6.07, 6.45) is 7.21. The lowest BCUT2D eigenvalue weighted by molar-refractivity contribution is -0.145. The second-order valence-corrected chi connectivity index (χ2v) is 9.43. The van der Waals surface area contributed by atoms with Crippen LogP contribution in [-0.4, -0.2) is 47.3 Å². The van der Waals surface area contributed by atoms with Gasteiger partial charge in [-0.15, -0.1) is 0 Å². The fourth-order valence-corrected chi connectivity index (χ4v) is 7.34. The zero-order valence-corrected chi connectivity index (χ0v) is 15.1. The lowest BCUT2D eigenvalue weighted by Gasteiger charge is -2.63. The number of hydrogen-bond donors (Lipinski definition) is 2. The van der Waals surface area contributed by atoms with E-state index in [1.165, 1.54) is 48.3 Å². The maximum absolute atomic E-state index is 11.0. The highest BCUT2D eigenvalue weighted by molar-refractivity contribution is 5.62. The van der Waals surface area contributed by atoms with Crippen molar-refractivity contribution in [2.75, 3.05) is 19.6 Å². The van der Waals surface area contributed by atoms with E-state index in [1.54, 1.807) is 0 Å². The van der Waals surface area contributed by atoms with Gasteiger partial charge in [-0.25, -0.2) is 0 Å². The van der Waals surface area contributed by atoms with E-state index in [0.29, 0.717) is 17.8 Å². The maximum Gasteiger partial charge on any atom is 0.138 e. The van der Waals surface area contributed by atoms with Crippen LogP contribution in [0.4, 0.5) is 0 Å². The Morgan fingerprint density at radius 3 is 3.04 bits per heavy atom. The number of hydrogen-bond acceptors (Lipinski definition) is 4. The Morgan fingerprint density at radius 1 is 1.23 bits per heavy atom. The van der Waals surface area contributed by atoms with Crippen LogP contribution < -0.4 is 5.32 Å². The molecule has 26 heavy (non-hydrogen) atoms. The molecule has 3 aliphatic heterocycles. The first-order chi connectivity index (χ1) is 12.7. The minimum atomic E-state index is -0.144. The van der Waals surface area contributed by atoms with Crippen molar-refractivity contribution in [2.45, 2.75) is 61.6 Å². The van der Waals surface area contributed by atoms with Crippen LogP contribution in [0.5, 0.6) is 5.75 Å². The minimum Gasteiger partial charge on any atom is -0.508 e. The number of rotatable bonds is 2. The topological polar surface area (TPSA) is 44.7 Å². The molecule has 3 aliphatic carbocycles. The molecule has 4 unspecified atom stereocenters. The summed E-state index contributed by atoms with van der Waals surface area (Å²) in [5, 5.41) is 14.6. The number of phenols is 1. The molecule has 6 aliphatic rings. The number of phenolic OH excluding ortho intramolecular Hbond substituents is 1. The highest BCUT2D eigenvalue weighted by Crippen LogP contribution is 2.68. The summed E-state index contributed by atoms with van der Waals surface area (Å²) < 4.78 is 6.93. The third-order valence-corrected chi connectivity index (χ3v) is 8.36. The van der Waals surface area contributed by atoms with Crippen molar-refractivity contribution in [1.29, 1.82) is 0 Å². The van der Waals surface area contributed by atoms with Crippen LogP contribution >= 0.6 is 0 Å². The van der Waals surface area contributed by atoms with E-state index in [2.05, 4.69) is 16.3 Å². The smallest absolute Gasteiger partial charge is 0.138 e. The number of nitrogens with one attached hydrogen (secondary N) is 1. The molecule has 136 valence electrons. The number of piperidine rings is 1. The zero-order chi connectivity index (χ0) is 17.1. The molecule has 0 aromatic heterocycles. The monoisotopic (exact) mass is 350 g/mol. The molecule has 4 heteroatoms. The highest BCUT2D eigenvalue weighted by atomic mass is 16.5. The summed E-state index contributed by atoms with van der Waals surface area (Å²) in [5.41, 5.74) is 3.83. The van der Waals surface area contributed by atoms with Crippen LogP contribution in [0.25, 0.3) is 0 Å². The maximum atomic E-state index is 11.0. The second-order valence-electron chi connectivity index (χ2n) is 9.43. The van der Waals surface area contributed by atoms with Crippen LogP contribution in [0, 0.1) is 5.92 Å². The summed E-state index contributed by atoms with van der Waals surface area (Å²) in [7, 11) is 0. The quantitative estimate of drug-likeness (QED) is 0.860. The molecular formula is C22H26N2O2. The van der Waals surface area contributed by atoms with Crippen molar-refractivity contribution in [3.63, 3.8) is 0 Å². The first-order valence-corrected chi connectivity index (χ1v) is 10.4. The largest absolute Gasteiger partial charge is 0.508 e. The number of benzene rings is 1. The van der Waals surface area contributed by atoms with Gasteiger partial charge in [0.25, 0.3) is 0 Å². The Morgan fingerprint density at radius 2 is 2.15 bits per heavy atom. The first kappa shape index (κ1) is 14.5. The zero-order valence-electron chi connectivity index (χ0n) is 15.1. The lowest BCUT2D eigenvalue weighted by Crippen LogP contribution is -2.73. The van der Waals surface area contributed by atoms with Crippen molar-refractivity contribution in [1.82, 2.24) is 10.2 Å². The molecule has 4 atom stereocenters. The van der Waals surface area contributed by atoms with E-state index >= 15 is 0 Å². The molecule has 3 heterocycles. The van der Waals surface area contributed by atoms with Gasteiger partial charge in [0, 0.05) is 23.7 Å². The van der Waals surface area contributed by atoms with Gasteiger partial charge in [-0.1, -0.05) is 12.1 Å². The third kappa shape index (κ3) is 1.45. The summed E-state index contributed by atoms with van der Waals surface area (Å²) in [6.45, 7) is 3.26. The number of aromatic hydroxyl groups is 1. The van der Waals surface area contributed by atoms with Crippen molar-refractivity contribution in [2.24, 2.45) is 5.92 Å². The van der Waals surface area contributed by atoms with Gasteiger partial charge in [-0.2, -0.15) is 0 Å². The van der Waals surface area contributed by atoms with Crippen LogP contribution in [0.3, 0.4) is 0 Å². The predicted molar refractivity (Wildman–Crippen MR) is 98.1 cm³/mol. The second kappa shape index (κ2) is 4.48. The normalized spacial score (nSPS) is 42.5. The standard InChI is InChI=1S/C22H26N2O2/c25-16-3-1-2-14-10-18-22-7-6-15-20(17(26-22)11-23-15)21(22,19(14)16)8-9-24(18)12-13-4-5-13/h1-3,13,15,18,23,25H,4-12H2. The highest BCUT2D eigenvalue weighted by Gasteiger charge is 2.74. The fraction of sp³-hybridized carbons (Fsp3) is 0.636. The Hall–Kier alpha value is -1.52. The Labute approximate surface area is 154 Å². The van der Waals surface area contributed by atoms with Crippen LogP contribution in [0.1, 0.15) is 43.2 Å². The van der Waals surface area contributed by atoms with Gasteiger partial charge in [0.1, 0.15) is 17.1 Å². The van der Waals surface area contributed by atoms with Crippen molar-refractivity contribution in [3.8, 4) is 5.75 Å². The Bertz CT molecular complexity index is 860. The third-order valence-electron chi connectivity index (χ3n) is 8.36. The molecule has 7 rings (SSSR count).